The fourth-order valence-electron chi connectivity index (χ4n) is 2.35. The van der Waals surface area contributed by atoms with Gasteiger partial charge in [-0.3, -0.25) is 9.80 Å². The van der Waals surface area contributed by atoms with Crippen LogP contribution in [0.1, 0.15) is 0 Å². The van der Waals surface area contributed by atoms with Crippen LogP contribution in [0.5, 0.6) is 5.75 Å². The Morgan fingerprint density at radius 1 is 1.21 bits per heavy atom. The van der Waals surface area contributed by atoms with E-state index in [0.29, 0.717) is 0 Å². The van der Waals surface area contributed by atoms with Crippen LogP contribution in [0.25, 0.3) is 0 Å². The van der Waals surface area contributed by atoms with E-state index in [1.54, 1.807) is 0 Å². The van der Waals surface area contributed by atoms with Crippen molar-refractivity contribution in [2.75, 3.05) is 18.9 Å². The monoisotopic (exact) mass is 419 g/mol. The Morgan fingerprint density at radius 2 is 1.82 bits per heavy atom. The van der Waals surface area contributed by atoms with Gasteiger partial charge in [-0.2, -0.15) is 27.1 Å². The number of para-hydroxylation sites is 2. The Bertz CT molecular complexity index is 753. The van der Waals surface area contributed by atoms with Crippen LogP contribution in [0.15, 0.2) is 29.4 Å². The van der Waals surface area contributed by atoms with Crippen molar-refractivity contribution in [2.24, 2.45) is 11.0 Å². The zero-order valence-electron chi connectivity index (χ0n) is 14.0. The van der Waals surface area contributed by atoms with Crippen LogP contribution in [-0.2, 0) is 4.79 Å². The van der Waals surface area contributed by atoms with E-state index < -0.39 is 53.9 Å². The summed E-state index contributed by atoms with van der Waals surface area (Å²) >= 11 is 0. The van der Waals surface area contributed by atoms with Gasteiger partial charge < -0.3 is 10.1 Å². The third-order valence-corrected chi connectivity index (χ3v) is 3.60. The van der Waals surface area contributed by atoms with Crippen molar-refractivity contribution in [1.29, 1.82) is 0 Å². The minimum absolute atomic E-state index is 0.231. The molecule has 1 aliphatic heterocycles. The Kier molecular flexibility index (Phi) is 6.04. The van der Waals surface area contributed by atoms with Crippen molar-refractivity contribution in [3.05, 3.63) is 24.3 Å². The van der Waals surface area contributed by atoms with Crippen molar-refractivity contribution >= 4 is 17.3 Å². The van der Waals surface area contributed by atoms with Gasteiger partial charge in [0.2, 0.25) is 5.91 Å². The van der Waals surface area contributed by atoms with Crippen molar-refractivity contribution in [2.45, 2.75) is 24.9 Å². The molecule has 1 aliphatic rings. The predicted octanol–water partition coefficient (Wildman–Crippen LogP) is 3.68. The molecular weight excluding hydrogens is 406 g/mol. The van der Waals surface area contributed by atoms with Crippen LogP contribution >= 0.6 is 0 Å². The molecular formula is C15H13F8N3O2. The largest absolute Gasteiger partial charge is 0.439 e. The molecule has 0 aliphatic carbocycles. The number of anilines is 1. The standard InChI is InChI=1S/C15H13F8N3O2/c1-26-6-7(10(25-26)11(16)17)12(27)24-8-4-2-3-5-9(8)28-15(22,23)13(18)14(19,20)21/h2-5,7,11,13H,6H2,1H3,(H,24,27). The summed E-state index contributed by atoms with van der Waals surface area (Å²) in [7, 11) is 1.33. The lowest BCUT2D eigenvalue weighted by Crippen LogP contribution is -2.45. The summed E-state index contributed by atoms with van der Waals surface area (Å²) in [6.45, 7) is -0.231. The van der Waals surface area contributed by atoms with Crippen molar-refractivity contribution in [3.63, 3.8) is 0 Å². The molecule has 1 amide bonds. The van der Waals surface area contributed by atoms with Gasteiger partial charge in [-0.05, 0) is 12.1 Å². The highest BCUT2D eigenvalue weighted by Crippen LogP contribution is 2.38. The molecule has 0 fully saturated rings. The first-order valence-corrected chi connectivity index (χ1v) is 7.58. The zero-order chi connectivity index (χ0) is 21.3. The molecule has 1 heterocycles. The number of ether oxygens (including phenoxy) is 1. The molecule has 1 aromatic rings. The van der Waals surface area contributed by atoms with Crippen LogP contribution in [0.3, 0.4) is 0 Å². The third kappa shape index (κ3) is 4.81. The second-order valence-electron chi connectivity index (χ2n) is 5.77. The molecule has 5 nitrogen and oxygen atoms in total. The Labute approximate surface area is 152 Å². The average molecular weight is 419 g/mol. The molecule has 0 radical (unpaired) electrons. The summed E-state index contributed by atoms with van der Waals surface area (Å²) in [6.07, 6.45) is -18.9. The van der Waals surface area contributed by atoms with E-state index in [4.69, 9.17) is 0 Å². The number of carbonyl (C=O) groups is 1. The quantitative estimate of drug-likeness (QED) is 0.716. The molecule has 2 unspecified atom stereocenters. The van der Waals surface area contributed by atoms with E-state index in [2.05, 4.69) is 9.84 Å². The maximum atomic E-state index is 13.5. The second-order valence-corrected chi connectivity index (χ2v) is 5.77. The number of nitrogens with zero attached hydrogens (tertiary/aromatic N) is 2. The SMILES string of the molecule is CN1CC(C(=O)Nc2ccccc2OC(F)(F)C(F)C(F)(F)F)C(C(F)F)=N1. The number of alkyl halides is 8. The van der Waals surface area contributed by atoms with E-state index in [0.717, 1.165) is 23.2 Å². The van der Waals surface area contributed by atoms with Gasteiger partial charge in [0.25, 0.3) is 12.6 Å². The first-order chi connectivity index (χ1) is 12.8. The number of nitrogens with one attached hydrogen (secondary N) is 1. The van der Waals surface area contributed by atoms with E-state index in [1.807, 2.05) is 5.32 Å². The second kappa shape index (κ2) is 7.80. The molecule has 0 saturated heterocycles. The fraction of sp³-hybridized carbons (Fsp3) is 0.467. The van der Waals surface area contributed by atoms with E-state index in [-0.39, 0.29) is 6.54 Å². The van der Waals surface area contributed by atoms with Crippen molar-refractivity contribution < 1.29 is 44.7 Å². The van der Waals surface area contributed by atoms with Gasteiger partial charge in [-0.15, -0.1) is 0 Å². The van der Waals surface area contributed by atoms with Crippen LogP contribution in [0, 0.1) is 5.92 Å². The molecule has 0 bridgehead atoms. The molecule has 13 heteroatoms. The summed E-state index contributed by atoms with van der Waals surface area (Å²) < 4.78 is 106. The van der Waals surface area contributed by atoms with Gasteiger partial charge in [0, 0.05) is 7.05 Å². The summed E-state index contributed by atoms with van der Waals surface area (Å²) in [6, 6.07) is 4.02. The van der Waals surface area contributed by atoms with Crippen molar-refractivity contribution in [3.8, 4) is 5.75 Å². The number of halogens is 8. The summed E-state index contributed by atoms with van der Waals surface area (Å²) in [5.41, 5.74) is -1.31. The highest BCUT2D eigenvalue weighted by atomic mass is 19.4. The van der Waals surface area contributed by atoms with Crippen LogP contribution in [0.2, 0.25) is 0 Å². The first-order valence-electron chi connectivity index (χ1n) is 7.58. The molecule has 28 heavy (non-hydrogen) atoms. The van der Waals surface area contributed by atoms with E-state index >= 15 is 0 Å². The molecule has 1 N–H and O–H groups in total. The molecule has 1 aromatic carbocycles. The number of amides is 1. The molecule has 2 atom stereocenters. The Morgan fingerprint density at radius 3 is 2.39 bits per heavy atom. The number of hydrogen-bond acceptors (Lipinski definition) is 4. The highest BCUT2D eigenvalue weighted by Gasteiger charge is 2.59. The summed E-state index contributed by atoms with van der Waals surface area (Å²) in [5.74, 6) is -3.48. The minimum Gasteiger partial charge on any atom is -0.428 e. The molecule has 156 valence electrons. The van der Waals surface area contributed by atoms with Gasteiger partial charge in [0.05, 0.1) is 12.2 Å². The van der Waals surface area contributed by atoms with Gasteiger partial charge in [-0.1, -0.05) is 12.1 Å². The van der Waals surface area contributed by atoms with Crippen LogP contribution < -0.4 is 10.1 Å². The van der Waals surface area contributed by atoms with Gasteiger partial charge in [0.1, 0.15) is 17.4 Å². The minimum atomic E-state index is -5.89. The third-order valence-electron chi connectivity index (χ3n) is 3.60. The topological polar surface area (TPSA) is 53.9 Å². The summed E-state index contributed by atoms with van der Waals surface area (Å²) in [5, 5.41) is 6.56. The van der Waals surface area contributed by atoms with E-state index in [9.17, 15) is 39.9 Å². The van der Waals surface area contributed by atoms with Gasteiger partial charge >= 0.3 is 12.3 Å². The first kappa shape index (κ1) is 21.7. The maximum Gasteiger partial charge on any atom is 0.439 e. The fourth-order valence-corrected chi connectivity index (χ4v) is 2.35. The number of carbonyl (C=O) groups excluding carboxylic acids is 1. The van der Waals surface area contributed by atoms with Gasteiger partial charge in [0.15, 0.2) is 0 Å². The Hall–Kier alpha value is -2.60. The maximum absolute atomic E-state index is 13.5. The lowest BCUT2D eigenvalue weighted by Gasteiger charge is -2.24. The molecule has 0 spiro atoms. The number of rotatable bonds is 6. The van der Waals surface area contributed by atoms with Gasteiger partial charge in [-0.25, -0.2) is 13.2 Å². The number of hydrogen-bond donors (Lipinski definition) is 1. The molecule has 0 saturated carbocycles. The summed E-state index contributed by atoms with van der Waals surface area (Å²) in [4.78, 5) is 12.2. The van der Waals surface area contributed by atoms with E-state index in [1.165, 1.54) is 13.1 Å². The Balaban J connectivity index is 2.21. The lowest BCUT2D eigenvalue weighted by atomic mass is 10.0. The molecule has 2 rings (SSSR count). The highest BCUT2D eigenvalue weighted by molar-refractivity contribution is 6.11. The molecule has 0 aromatic heterocycles. The normalized spacial score (nSPS) is 18.9. The predicted molar refractivity (Wildman–Crippen MR) is 81.2 cm³/mol. The van der Waals surface area contributed by atoms with Crippen molar-refractivity contribution in [1.82, 2.24) is 5.01 Å². The zero-order valence-corrected chi connectivity index (χ0v) is 14.0. The number of hydrazone groups is 1. The van der Waals surface area contributed by atoms with Crippen LogP contribution in [-0.4, -0.2) is 55.1 Å². The number of benzene rings is 1. The lowest BCUT2D eigenvalue weighted by molar-refractivity contribution is -0.304. The average Bonchev–Trinajstić information content (AvgIpc) is 2.97. The smallest absolute Gasteiger partial charge is 0.428 e. The van der Waals surface area contributed by atoms with Crippen LogP contribution in [0.4, 0.5) is 40.8 Å².